The second kappa shape index (κ2) is 6.03. The number of hydrogen-bond donors (Lipinski definition) is 1. The summed E-state index contributed by atoms with van der Waals surface area (Å²) in [4.78, 5) is 11.7. The maximum atomic E-state index is 11.7. The molecule has 4 atom stereocenters. The Morgan fingerprint density at radius 3 is 2.74 bits per heavy atom. The first-order chi connectivity index (χ1) is 10.9. The number of ether oxygens (including phenoxy) is 1. The number of allylic oxidation sites excluding steroid dienone is 1. The fraction of sp³-hybridized carbons (Fsp3) is 0.550. The van der Waals surface area contributed by atoms with Crippen LogP contribution in [0.25, 0.3) is 0 Å². The lowest BCUT2D eigenvalue weighted by Gasteiger charge is -2.37. The highest BCUT2D eigenvalue weighted by atomic mass is 16.5. The SMILES string of the molecule is C=C(C)C1CCC(C)C2Oc3cc(CCC)c(C(=O)O)cc3C12. The molecule has 0 radical (unpaired) electrons. The monoisotopic (exact) mass is 314 g/mol. The molecule has 3 rings (SSSR count). The zero-order valence-electron chi connectivity index (χ0n) is 14.3. The summed E-state index contributed by atoms with van der Waals surface area (Å²) in [5.74, 6) is 1.19. The standard InChI is InChI=1S/C20H26O3/c1-5-6-13-9-17-16(10-15(13)20(21)22)18-14(11(2)3)8-7-12(4)19(18)23-17/h9-10,12,14,18-19H,2,5-8H2,1,3-4H3,(H,21,22). The second-order valence-electron chi connectivity index (χ2n) is 7.22. The highest BCUT2D eigenvalue weighted by molar-refractivity contribution is 5.90. The fourth-order valence-electron chi connectivity index (χ4n) is 4.33. The van der Waals surface area contributed by atoms with Crippen molar-refractivity contribution in [2.75, 3.05) is 0 Å². The van der Waals surface area contributed by atoms with E-state index in [1.165, 1.54) is 5.57 Å². The van der Waals surface area contributed by atoms with Crippen LogP contribution in [0.5, 0.6) is 5.75 Å². The number of carboxylic acids is 1. The van der Waals surface area contributed by atoms with E-state index in [1.54, 1.807) is 0 Å². The van der Waals surface area contributed by atoms with Crippen LogP contribution < -0.4 is 4.74 Å². The molecule has 1 aromatic carbocycles. The van der Waals surface area contributed by atoms with Crippen molar-refractivity contribution in [3.05, 3.63) is 41.0 Å². The van der Waals surface area contributed by atoms with Gasteiger partial charge in [0.05, 0.1) is 5.56 Å². The Labute approximate surface area is 138 Å². The van der Waals surface area contributed by atoms with Crippen molar-refractivity contribution in [2.45, 2.75) is 58.5 Å². The van der Waals surface area contributed by atoms with Crippen LogP contribution in [0.2, 0.25) is 0 Å². The first-order valence-electron chi connectivity index (χ1n) is 8.66. The molecule has 124 valence electrons. The van der Waals surface area contributed by atoms with Crippen LogP contribution in [0.3, 0.4) is 0 Å². The molecule has 23 heavy (non-hydrogen) atoms. The third kappa shape index (κ3) is 2.66. The molecule has 1 aromatic rings. The molecule has 0 amide bonds. The zero-order chi connectivity index (χ0) is 16.7. The van der Waals surface area contributed by atoms with Gasteiger partial charge in [-0.25, -0.2) is 4.79 Å². The molecule has 3 nitrogen and oxygen atoms in total. The van der Waals surface area contributed by atoms with Crippen LogP contribution in [0.4, 0.5) is 0 Å². The zero-order valence-corrected chi connectivity index (χ0v) is 14.3. The van der Waals surface area contributed by atoms with Crippen molar-refractivity contribution in [1.82, 2.24) is 0 Å². The second-order valence-corrected chi connectivity index (χ2v) is 7.22. The molecule has 1 heterocycles. The Balaban J connectivity index is 2.09. The summed E-state index contributed by atoms with van der Waals surface area (Å²) >= 11 is 0. The number of rotatable bonds is 4. The van der Waals surface area contributed by atoms with Gasteiger partial charge in [0.1, 0.15) is 11.9 Å². The van der Waals surface area contributed by atoms with Gasteiger partial charge in [0.25, 0.3) is 0 Å². The van der Waals surface area contributed by atoms with Crippen LogP contribution in [-0.4, -0.2) is 17.2 Å². The molecular weight excluding hydrogens is 288 g/mol. The number of fused-ring (bicyclic) bond motifs is 3. The molecule has 0 spiro atoms. The lowest BCUT2D eigenvalue weighted by molar-refractivity contribution is 0.0695. The minimum atomic E-state index is -0.838. The molecule has 1 aliphatic carbocycles. The molecule has 1 N–H and O–H groups in total. The summed E-state index contributed by atoms with van der Waals surface area (Å²) in [6, 6.07) is 3.85. The van der Waals surface area contributed by atoms with Crippen LogP contribution in [0.1, 0.15) is 67.4 Å². The lowest BCUT2D eigenvalue weighted by Crippen LogP contribution is -2.36. The number of carboxylic acid groups (broad SMARTS) is 1. The van der Waals surface area contributed by atoms with E-state index in [0.717, 1.165) is 42.6 Å². The first kappa shape index (κ1) is 16.1. The summed E-state index contributed by atoms with van der Waals surface area (Å²) in [6.45, 7) is 10.6. The van der Waals surface area contributed by atoms with Gasteiger partial charge < -0.3 is 9.84 Å². The highest BCUT2D eigenvalue weighted by Crippen LogP contribution is 2.52. The third-order valence-corrected chi connectivity index (χ3v) is 5.52. The topological polar surface area (TPSA) is 46.5 Å². The van der Waals surface area contributed by atoms with E-state index in [2.05, 4.69) is 27.4 Å². The molecule has 0 bridgehead atoms. The Kier molecular flexibility index (Phi) is 4.22. The van der Waals surface area contributed by atoms with Gasteiger partial charge >= 0.3 is 5.97 Å². The van der Waals surface area contributed by atoms with Crippen LogP contribution >= 0.6 is 0 Å². The van der Waals surface area contributed by atoms with Gasteiger partial charge in [0.15, 0.2) is 0 Å². The highest BCUT2D eigenvalue weighted by Gasteiger charge is 2.46. The average Bonchev–Trinajstić information content (AvgIpc) is 2.86. The maximum absolute atomic E-state index is 11.7. The molecule has 3 heteroatoms. The molecule has 0 aromatic heterocycles. The smallest absolute Gasteiger partial charge is 0.335 e. The molecule has 4 unspecified atom stereocenters. The van der Waals surface area contributed by atoms with Gasteiger partial charge in [-0.2, -0.15) is 0 Å². The quantitative estimate of drug-likeness (QED) is 0.812. The summed E-state index contributed by atoms with van der Waals surface area (Å²) in [7, 11) is 0. The molecule has 0 saturated heterocycles. The van der Waals surface area contributed by atoms with E-state index >= 15 is 0 Å². The van der Waals surface area contributed by atoms with Crippen molar-refractivity contribution in [3.63, 3.8) is 0 Å². The number of aromatic carboxylic acids is 1. The van der Waals surface area contributed by atoms with Gasteiger partial charge in [0, 0.05) is 11.5 Å². The Hall–Kier alpha value is -1.77. The lowest BCUT2D eigenvalue weighted by atomic mass is 9.68. The van der Waals surface area contributed by atoms with Crippen LogP contribution in [-0.2, 0) is 6.42 Å². The fourth-order valence-corrected chi connectivity index (χ4v) is 4.33. The van der Waals surface area contributed by atoms with Crippen LogP contribution in [0, 0.1) is 11.8 Å². The summed E-state index contributed by atoms with van der Waals surface area (Å²) in [6.07, 6.45) is 4.10. The van der Waals surface area contributed by atoms with E-state index in [9.17, 15) is 9.90 Å². The van der Waals surface area contributed by atoms with Crippen molar-refractivity contribution in [1.29, 1.82) is 0 Å². The van der Waals surface area contributed by atoms with Gasteiger partial charge in [-0.15, -0.1) is 0 Å². The van der Waals surface area contributed by atoms with Crippen LogP contribution in [0.15, 0.2) is 24.3 Å². The predicted molar refractivity (Wildman–Crippen MR) is 91.3 cm³/mol. The number of carbonyl (C=O) groups is 1. The van der Waals surface area contributed by atoms with Gasteiger partial charge in [0.2, 0.25) is 0 Å². The molecule has 1 aliphatic heterocycles. The van der Waals surface area contributed by atoms with E-state index in [1.807, 2.05) is 12.1 Å². The van der Waals surface area contributed by atoms with Gasteiger partial charge in [-0.3, -0.25) is 0 Å². The Morgan fingerprint density at radius 2 is 2.13 bits per heavy atom. The predicted octanol–water partition coefficient (Wildman–Crippen LogP) is 4.80. The van der Waals surface area contributed by atoms with Crippen molar-refractivity contribution < 1.29 is 14.6 Å². The molecule has 2 aliphatic rings. The summed E-state index contributed by atoms with van der Waals surface area (Å²) < 4.78 is 6.29. The van der Waals surface area contributed by atoms with Crippen molar-refractivity contribution in [2.24, 2.45) is 11.8 Å². The Bertz CT molecular complexity index is 647. The number of benzene rings is 1. The van der Waals surface area contributed by atoms with E-state index in [4.69, 9.17) is 4.74 Å². The van der Waals surface area contributed by atoms with Crippen molar-refractivity contribution in [3.8, 4) is 5.75 Å². The van der Waals surface area contributed by atoms with Gasteiger partial charge in [-0.05, 0) is 55.7 Å². The molecular formula is C20H26O3. The minimum Gasteiger partial charge on any atom is -0.489 e. The Morgan fingerprint density at radius 1 is 1.39 bits per heavy atom. The number of hydrogen-bond acceptors (Lipinski definition) is 2. The van der Waals surface area contributed by atoms with E-state index in [-0.39, 0.29) is 12.0 Å². The molecule has 1 fully saturated rings. The van der Waals surface area contributed by atoms with Gasteiger partial charge in [-0.1, -0.05) is 32.4 Å². The van der Waals surface area contributed by atoms with Crippen molar-refractivity contribution >= 4 is 5.97 Å². The summed E-state index contributed by atoms with van der Waals surface area (Å²) in [5.41, 5.74) is 3.58. The molecule has 1 saturated carbocycles. The maximum Gasteiger partial charge on any atom is 0.335 e. The van der Waals surface area contributed by atoms with E-state index < -0.39 is 5.97 Å². The summed E-state index contributed by atoms with van der Waals surface area (Å²) in [5, 5.41) is 9.59. The minimum absolute atomic E-state index is 0.152. The average molecular weight is 314 g/mol. The normalized spacial score (nSPS) is 28.7. The third-order valence-electron chi connectivity index (χ3n) is 5.52. The van der Waals surface area contributed by atoms with E-state index in [0.29, 0.717) is 17.4 Å². The largest absolute Gasteiger partial charge is 0.489 e. The number of aryl methyl sites for hydroxylation is 1. The first-order valence-corrected chi connectivity index (χ1v) is 8.66.